The quantitative estimate of drug-likeness (QED) is 0.666. The lowest BCUT2D eigenvalue weighted by molar-refractivity contribution is 0.0943. The molecule has 6 heteroatoms. The van der Waals surface area contributed by atoms with Crippen LogP contribution in [0.1, 0.15) is 33.1 Å². The zero-order valence-electron chi connectivity index (χ0n) is 15.7. The second-order valence-corrected chi connectivity index (χ2v) is 8.37. The third-order valence-corrected chi connectivity index (χ3v) is 4.96. The van der Waals surface area contributed by atoms with E-state index in [2.05, 4.69) is 10.0 Å². The minimum Gasteiger partial charge on any atom is -0.341 e. The van der Waals surface area contributed by atoms with Gasteiger partial charge in [-0.1, -0.05) is 54.6 Å². The number of carbonyl (C=O) groups excluding carboxylic acids is 1. The summed E-state index contributed by atoms with van der Waals surface area (Å²) < 4.78 is 25.0. The van der Waals surface area contributed by atoms with Crippen LogP contribution >= 0.6 is 0 Å². The Labute approximate surface area is 165 Å². The fraction of sp³-hybridized carbons (Fsp3) is 0.136. The molecule has 28 heavy (non-hydrogen) atoms. The van der Waals surface area contributed by atoms with Crippen LogP contribution in [-0.2, 0) is 10.0 Å². The number of carbonyl (C=O) groups is 1. The second kappa shape index (κ2) is 8.27. The number of sulfonamides is 1. The van der Waals surface area contributed by atoms with Crippen LogP contribution in [0.2, 0.25) is 0 Å². The second-order valence-electron chi connectivity index (χ2n) is 6.63. The Morgan fingerprint density at radius 2 is 1.46 bits per heavy atom. The van der Waals surface area contributed by atoms with Crippen LogP contribution in [0.5, 0.6) is 0 Å². The van der Waals surface area contributed by atoms with Gasteiger partial charge in [-0.05, 0) is 47.9 Å². The number of hydrogen-bond acceptors (Lipinski definition) is 3. The average molecular weight is 394 g/mol. The molecule has 0 radical (unpaired) electrons. The Hall–Kier alpha value is -3.12. The molecule has 1 amide bonds. The first-order chi connectivity index (χ1) is 13.3. The van der Waals surface area contributed by atoms with E-state index in [4.69, 9.17) is 0 Å². The first-order valence-electron chi connectivity index (χ1n) is 8.83. The summed E-state index contributed by atoms with van der Waals surface area (Å²) in [5.41, 5.74) is 3.97. The molecule has 5 nitrogen and oxygen atoms in total. The van der Waals surface area contributed by atoms with E-state index in [9.17, 15) is 13.2 Å². The molecule has 0 saturated heterocycles. The summed E-state index contributed by atoms with van der Waals surface area (Å²) in [6.07, 6.45) is 1.08. The molecule has 3 aromatic carbocycles. The molecule has 0 saturated carbocycles. The van der Waals surface area contributed by atoms with Crippen molar-refractivity contribution in [1.82, 2.24) is 5.32 Å². The molecule has 2 N–H and O–H groups in total. The molecule has 0 aliphatic carbocycles. The Balaban J connectivity index is 1.87. The van der Waals surface area contributed by atoms with E-state index in [1.165, 1.54) is 0 Å². The SMILES string of the molecule is Cc1ccccc1[C@H](NC(=O)c1ccc(NS(C)(=O)=O)cc1)c1ccccc1. The molecule has 3 aromatic rings. The number of nitrogens with one attached hydrogen (secondary N) is 2. The number of anilines is 1. The van der Waals surface area contributed by atoms with Crippen LogP contribution in [-0.4, -0.2) is 20.6 Å². The summed E-state index contributed by atoms with van der Waals surface area (Å²) in [4.78, 5) is 12.9. The summed E-state index contributed by atoms with van der Waals surface area (Å²) in [6, 6.07) is 23.8. The molecule has 0 spiro atoms. The van der Waals surface area contributed by atoms with E-state index >= 15 is 0 Å². The van der Waals surface area contributed by atoms with E-state index in [-0.39, 0.29) is 11.9 Å². The van der Waals surface area contributed by atoms with Crippen molar-refractivity contribution < 1.29 is 13.2 Å². The van der Waals surface area contributed by atoms with Crippen LogP contribution in [0.25, 0.3) is 0 Å². The van der Waals surface area contributed by atoms with Crippen molar-refractivity contribution >= 4 is 21.6 Å². The smallest absolute Gasteiger partial charge is 0.252 e. The van der Waals surface area contributed by atoms with Crippen LogP contribution in [0.4, 0.5) is 5.69 Å². The standard InChI is InChI=1S/C22H22N2O3S/c1-16-8-6-7-11-20(16)21(17-9-4-3-5-10-17)23-22(25)18-12-14-19(15-13-18)24-28(2,26)27/h3-15,21,24H,1-2H3,(H,23,25)/t21-/m1/s1. The van der Waals surface area contributed by atoms with Gasteiger partial charge in [0.05, 0.1) is 12.3 Å². The minimum atomic E-state index is -3.36. The zero-order valence-corrected chi connectivity index (χ0v) is 16.5. The predicted molar refractivity (Wildman–Crippen MR) is 112 cm³/mol. The lowest BCUT2D eigenvalue weighted by Crippen LogP contribution is -2.29. The van der Waals surface area contributed by atoms with Crippen LogP contribution in [0.3, 0.4) is 0 Å². The Kier molecular flexibility index (Phi) is 5.80. The van der Waals surface area contributed by atoms with Gasteiger partial charge in [0, 0.05) is 11.3 Å². The molecule has 0 aliphatic rings. The number of rotatable bonds is 6. The zero-order chi connectivity index (χ0) is 20.1. The maximum absolute atomic E-state index is 12.9. The monoisotopic (exact) mass is 394 g/mol. The summed E-state index contributed by atoms with van der Waals surface area (Å²) in [5.74, 6) is -0.233. The van der Waals surface area contributed by atoms with Crippen molar-refractivity contribution in [3.05, 3.63) is 101 Å². The van der Waals surface area contributed by atoms with Gasteiger partial charge >= 0.3 is 0 Å². The Morgan fingerprint density at radius 1 is 0.857 bits per heavy atom. The van der Waals surface area contributed by atoms with E-state index in [1.807, 2.05) is 61.5 Å². The molecule has 3 rings (SSSR count). The van der Waals surface area contributed by atoms with Gasteiger partial charge in [0.15, 0.2) is 0 Å². The molecule has 144 valence electrons. The van der Waals surface area contributed by atoms with Crippen molar-refractivity contribution in [3.63, 3.8) is 0 Å². The number of hydrogen-bond donors (Lipinski definition) is 2. The highest BCUT2D eigenvalue weighted by molar-refractivity contribution is 7.92. The highest BCUT2D eigenvalue weighted by Crippen LogP contribution is 2.25. The van der Waals surface area contributed by atoms with Gasteiger partial charge in [-0.25, -0.2) is 8.42 Å². The number of benzene rings is 3. The number of amides is 1. The van der Waals surface area contributed by atoms with E-state index < -0.39 is 10.0 Å². The molecule has 0 bridgehead atoms. The molecular formula is C22H22N2O3S. The van der Waals surface area contributed by atoms with Crippen molar-refractivity contribution in [2.24, 2.45) is 0 Å². The molecule has 1 atom stereocenters. The average Bonchev–Trinajstić information content (AvgIpc) is 2.67. The van der Waals surface area contributed by atoms with Crippen molar-refractivity contribution in [2.45, 2.75) is 13.0 Å². The third kappa shape index (κ3) is 4.98. The molecular weight excluding hydrogens is 372 g/mol. The van der Waals surface area contributed by atoms with Gasteiger partial charge in [0.2, 0.25) is 10.0 Å². The predicted octanol–water partition coefficient (Wildman–Crippen LogP) is 3.89. The van der Waals surface area contributed by atoms with Gasteiger partial charge in [-0.15, -0.1) is 0 Å². The molecule has 0 fully saturated rings. The van der Waals surface area contributed by atoms with Crippen LogP contribution in [0.15, 0.2) is 78.9 Å². The lowest BCUT2D eigenvalue weighted by atomic mass is 9.94. The maximum Gasteiger partial charge on any atom is 0.252 e. The third-order valence-electron chi connectivity index (χ3n) is 4.36. The van der Waals surface area contributed by atoms with E-state index in [1.54, 1.807) is 24.3 Å². The summed E-state index contributed by atoms with van der Waals surface area (Å²) in [6.45, 7) is 2.02. The van der Waals surface area contributed by atoms with Crippen LogP contribution < -0.4 is 10.0 Å². The lowest BCUT2D eigenvalue weighted by Gasteiger charge is -2.22. The van der Waals surface area contributed by atoms with Crippen molar-refractivity contribution in [2.75, 3.05) is 11.0 Å². The van der Waals surface area contributed by atoms with Gasteiger partial charge in [0.1, 0.15) is 0 Å². The first-order valence-corrected chi connectivity index (χ1v) is 10.7. The highest BCUT2D eigenvalue weighted by atomic mass is 32.2. The van der Waals surface area contributed by atoms with Gasteiger partial charge in [-0.2, -0.15) is 0 Å². The van der Waals surface area contributed by atoms with Crippen molar-refractivity contribution in [3.8, 4) is 0 Å². The summed E-state index contributed by atoms with van der Waals surface area (Å²) in [7, 11) is -3.36. The minimum absolute atomic E-state index is 0.233. The molecule has 0 aromatic heterocycles. The fourth-order valence-electron chi connectivity index (χ4n) is 3.01. The first kappa shape index (κ1) is 19.6. The fourth-order valence-corrected chi connectivity index (χ4v) is 3.58. The van der Waals surface area contributed by atoms with Gasteiger partial charge in [0.25, 0.3) is 5.91 Å². The maximum atomic E-state index is 12.9. The molecule has 0 aliphatic heterocycles. The van der Waals surface area contributed by atoms with E-state index in [0.29, 0.717) is 11.3 Å². The van der Waals surface area contributed by atoms with Crippen molar-refractivity contribution in [1.29, 1.82) is 0 Å². The Bertz CT molecular complexity index is 1060. The normalized spacial score (nSPS) is 12.2. The summed E-state index contributed by atoms with van der Waals surface area (Å²) in [5, 5.41) is 3.10. The number of aryl methyl sites for hydroxylation is 1. The molecule has 0 heterocycles. The van der Waals surface area contributed by atoms with Crippen LogP contribution in [0, 0.1) is 6.92 Å². The topological polar surface area (TPSA) is 75.3 Å². The van der Waals surface area contributed by atoms with Gasteiger partial charge < -0.3 is 5.32 Å². The van der Waals surface area contributed by atoms with Gasteiger partial charge in [-0.3, -0.25) is 9.52 Å². The Morgan fingerprint density at radius 3 is 2.07 bits per heavy atom. The molecule has 0 unspecified atom stereocenters. The highest BCUT2D eigenvalue weighted by Gasteiger charge is 2.19. The van der Waals surface area contributed by atoms with E-state index in [0.717, 1.165) is 22.9 Å². The largest absolute Gasteiger partial charge is 0.341 e. The summed E-state index contributed by atoms with van der Waals surface area (Å²) >= 11 is 0.